The summed E-state index contributed by atoms with van der Waals surface area (Å²) in [6.07, 6.45) is -3.86. The van der Waals surface area contributed by atoms with Crippen molar-refractivity contribution in [2.24, 2.45) is 0 Å². The van der Waals surface area contributed by atoms with Gasteiger partial charge < -0.3 is 15.2 Å². The predicted octanol–water partition coefficient (Wildman–Crippen LogP) is 5.04. The fourth-order valence-electron chi connectivity index (χ4n) is 3.78. The van der Waals surface area contributed by atoms with Crippen molar-refractivity contribution in [3.63, 3.8) is 0 Å². The summed E-state index contributed by atoms with van der Waals surface area (Å²) in [7, 11) is 0. The van der Waals surface area contributed by atoms with E-state index >= 15 is 0 Å². The second-order valence-electron chi connectivity index (χ2n) is 8.79. The SMILES string of the molecule is CC(C)(O)c1cc(C(F)(F)F)cnc1-c1ccc(C2(C(=O)Nc3ccc(F)cc3)COC2)cc1. The number of amides is 1. The molecule has 0 atom stereocenters. The number of rotatable bonds is 5. The molecule has 0 saturated carbocycles. The molecule has 5 nitrogen and oxygen atoms in total. The number of carbonyl (C=O) groups is 1. The number of pyridine rings is 1. The summed E-state index contributed by atoms with van der Waals surface area (Å²) >= 11 is 0. The van der Waals surface area contributed by atoms with Gasteiger partial charge in [-0.05, 0) is 49.7 Å². The molecule has 2 aromatic carbocycles. The van der Waals surface area contributed by atoms with E-state index in [1.165, 1.54) is 38.1 Å². The topological polar surface area (TPSA) is 71.5 Å². The fourth-order valence-corrected chi connectivity index (χ4v) is 3.78. The Bertz CT molecular complexity index is 1200. The molecule has 4 rings (SSSR count). The van der Waals surface area contributed by atoms with Gasteiger partial charge in [-0.15, -0.1) is 0 Å². The van der Waals surface area contributed by atoms with Crippen molar-refractivity contribution in [3.05, 3.63) is 83.3 Å². The minimum atomic E-state index is -4.59. The Morgan fingerprint density at radius 1 is 1.06 bits per heavy atom. The number of ether oxygens (including phenoxy) is 1. The van der Waals surface area contributed by atoms with Gasteiger partial charge in [0, 0.05) is 23.0 Å². The third-order valence-corrected chi connectivity index (χ3v) is 5.82. The number of hydrogen-bond donors (Lipinski definition) is 2. The second-order valence-corrected chi connectivity index (χ2v) is 8.79. The zero-order chi connectivity index (χ0) is 24.7. The van der Waals surface area contributed by atoms with Crippen LogP contribution in [0.2, 0.25) is 0 Å². The molecule has 1 saturated heterocycles. The highest BCUT2D eigenvalue weighted by Crippen LogP contribution is 2.38. The Labute approximate surface area is 193 Å². The molecule has 0 unspecified atom stereocenters. The van der Waals surface area contributed by atoms with Crippen molar-refractivity contribution in [3.8, 4) is 11.3 Å². The number of hydrogen-bond acceptors (Lipinski definition) is 4. The molecule has 1 aliphatic heterocycles. The van der Waals surface area contributed by atoms with E-state index in [1.54, 1.807) is 24.3 Å². The van der Waals surface area contributed by atoms with Crippen LogP contribution in [0, 0.1) is 5.82 Å². The van der Waals surface area contributed by atoms with Gasteiger partial charge >= 0.3 is 6.18 Å². The van der Waals surface area contributed by atoms with Gasteiger partial charge in [0.25, 0.3) is 0 Å². The number of benzene rings is 2. The molecule has 0 bridgehead atoms. The first-order valence-corrected chi connectivity index (χ1v) is 10.5. The van der Waals surface area contributed by atoms with Gasteiger partial charge in [-0.3, -0.25) is 9.78 Å². The Kier molecular flexibility index (Phi) is 5.95. The van der Waals surface area contributed by atoms with Crippen LogP contribution < -0.4 is 5.32 Å². The smallest absolute Gasteiger partial charge is 0.386 e. The summed E-state index contributed by atoms with van der Waals surface area (Å²) in [4.78, 5) is 17.0. The standard InChI is InChI=1S/C25H22F4N2O3/c1-23(2,33)20-11-17(25(27,28)29)12-30-21(20)15-3-5-16(6-4-15)24(13-34-14-24)22(32)31-19-9-7-18(26)8-10-19/h3-12,33H,13-14H2,1-2H3,(H,31,32). The summed E-state index contributed by atoms with van der Waals surface area (Å²) < 4.78 is 58.0. The van der Waals surface area contributed by atoms with Gasteiger partial charge in [0.1, 0.15) is 11.2 Å². The highest BCUT2D eigenvalue weighted by molar-refractivity contribution is 6.00. The molecule has 0 spiro atoms. The molecule has 2 heterocycles. The molecule has 2 N–H and O–H groups in total. The molecule has 178 valence electrons. The van der Waals surface area contributed by atoms with Crippen LogP contribution in [0.3, 0.4) is 0 Å². The third kappa shape index (κ3) is 4.53. The van der Waals surface area contributed by atoms with Crippen LogP contribution in [-0.4, -0.2) is 29.2 Å². The molecule has 1 aliphatic rings. The number of halogens is 4. The van der Waals surface area contributed by atoms with Crippen LogP contribution in [-0.2, 0) is 26.7 Å². The van der Waals surface area contributed by atoms with Crippen LogP contribution in [0.1, 0.15) is 30.5 Å². The van der Waals surface area contributed by atoms with Crippen LogP contribution in [0.25, 0.3) is 11.3 Å². The van der Waals surface area contributed by atoms with Crippen molar-refractivity contribution >= 4 is 11.6 Å². The predicted molar refractivity (Wildman–Crippen MR) is 117 cm³/mol. The van der Waals surface area contributed by atoms with Crippen molar-refractivity contribution in [1.82, 2.24) is 4.98 Å². The molecule has 3 aromatic rings. The van der Waals surface area contributed by atoms with Gasteiger partial charge in [-0.1, -0.05) is 24.3 Å². The number of anilines is 1. The molecule has 0 radical (unpaired) electrons. The lowest BCUT2D eigenvalue weighted by Crippen LogP contribution is -2.55. The average molecular weight is 474 g/mol. The lowest BCUT2D eigenvalue weighted by Gasteiger charge is -2.40. The molecule has 0 aliphatic carbocycles. The first-order valence-electron chi connectivity index (χ1n) is 10.5. The molecule has 34 heavy (non-hydrogen) atoms. The lowest BCUT2D eigenvalue weighted by molar-refractivity contribution is -0.140. The molecule has 1 fully saturated rings. The summed E-state index contributed by atoms with van der Waals surface area (Å²) in [6, 6.07) is 13.0. The van der Waals surface area contributed by atoms with E-state index in [4.69, 9.17) is 4.74 Å². The Hall–Kier alpha value is -3.30. The molecular formula is C25H22F4N2O3. The molecular weight excluding hydrogens is 452 g/mol. The van der Waals surface area contributed by atoms with E-state index < -0.39 is 28.6 Å². The zero-order valence-corrected chi connectivity index (χ0v) is 18.4. The Balaban J connectivity index is 1.65. The summed E-state index contributed by atoms with van der Waals surface area (Å²) in [5.74, 6) is -0.736. The summed E-state index contributed by atoms with van der Waals surface area (Å²) in [6.45, 7) is 3.07. The van der Waals surface area contributed by atoms with Crippen molar-refractivity contribution < 1.29 is 32.2 Å². The Morgan fingerprint density at radius 2 is 1.68 bits per heavy atom. The normalized spacial score (nSPS) is 15.5. The quantitative estimate of drug-likeness (QED) is 0.509. The van der Waals surface area contributed by atoms with E-state index in [9.17, 15) is 27.5 Å². The molecule has 1 amide bonds. The van der Waals surface area contributed by atoms with Gasteiger partial charge in [0.05, 0.1) is 30.1 Å². The molecule has 1 aromatic heterocycles. The highest BCUT2D eigenvalue weighted by atomic mass is 19.4. The summed E-state index contributed by atoms with van der Waals surface area (Å²) in [5.41, 5.74) is -1.65. The fraction of sp³-hybridized carbons (Fsp3) is 0.280. The highest BCUT2D eigenvalue weighted by Gasteiger charge is 2.47. The zero-order valence-electron chi connectivity index (χ0n) is 18.4. The van der Waals surface area contributed by atoms with Gasteiger partial charge in [-0.25, -0.2) is 4.39 Å². The lowest BCUT2D eigenvalue weighted by atomic mass is 9.77. The third-order valence-electron chi connectivity index (χ3n) is 5.82. The second kappa shape index (κ2) is 8.48. The number of aliphatic hydroxyl groups is 1. The van der Waals surface area contributed by atoms with Gasteiger partial charge in [0.15, 0.2) is 0 Å². The van der Waals surface area contributed by atoms with Gasteiger partial charge in [0.2, 0.25) is 5.91 Å². The maximum absolute atomic E-state index is 13.2. The van der Waals surface area contributed by atoms with Crippen LogP contribution in [0.4, 0.5) is 23.2 Å². The van der Waals surface area contributed by atoms with E-state index in [2.05, 4.69) is 10.3 Å². The minimum absolute atomic E-state index is 0.0332. The van der Waals surface area contributed by atoms with Gasteiger partial charge in [-0.2, -0.15) is 13.2 Å². The van der Waals surface area contributed by atoms with E-state index in [1.807, 2.05) is 0 Å². The van der Waals surface area contributed by atoms with E-state index in [0.717, 1.165) is 12.3 Å². The van der Waals surface area contributed by atoms with Crippen LogP contribution >= 0.6 is 0 Å². The van der Waals surface area contributed by atoms with Crippen LogP contribution in [0.15, 0.2) is 60.8 Å². The van der Waals surface area contributed by atoms with Crippen LogP contribution in [0.5, 0.6) is 0 Å². The number of nitrogens with one attached hydrogen (secondary N) is 1. The monoisotopic (exact) mass is 474 g/mol. The number of aromatic nitrogens is 1. The largest absolute Gasteiger partial charge is 0.417 e. The maximum Gasteiger partial charge on any atom is 0.417 e. The number of carbonyl (C=O) groups excluding carboxylic acids is 1. The minimum Gasteiger partial charge on any atom is -0.386 e. The number of nitrogens with zero attached hydrogens (tertiary/aromatic N) is 1. The molecule has 9 heteroatoms. The van der Waals surface area contributed by atoms with Crippen molar-refractivity contribution in [2.75, 3.05) is 18.5 Å². The first-order chi connectivity index (χ1) is 15.9. The first kappa shape index (κ1) is 23.8. The van der Waals surface area contributed by atoms with Crippen molar-refractivity contribution in [1.29, 1.82) is 0 Å². The Morgan fingerprint density at radius 3 is 2.18 bits per heavy atom. The summed E-state index contributed by atoms with van der Waals surface area (Å²) in [5, 5.41) is 13.3. The number of alkyl halides is 3. The van der Waals surface area contributed by atoms with Crippen molar-refractivity contribution in [2.45, 2.75) is 31.0 Å². The average Bonchev–Trinajstić information content (AvgIpc) is 2.73. The maximum atomic E-state index is 13.2. The van der Waals surface area contributed by atoms with E-state index in [0.29, 0.717) is 16.8 Å². The van der Waals surface area contributed by atoms with E-state index in [-0.39, 0.29) is 30.4 Å².